The Hall–Kier alpha value is -0.870. The first-order valence-corrected chi connectivity index (χ1v) is 26.4. The fraction of sp³-hybridized carbons (Fsp3) is 0.943. The van der Waals surface area contributed by atoms with E-state index >= 15 is 0 Å². The van der Waals surface area contributed by atoms with Crippen molar-refractivity contribution in [2.45, 2.75) is 315 Å². The molecule has 0 rings (SSSR count). The second kappa shape index (κ2) is 49.5. The van der Waals surface area contributed by atoms with Gasteiger partial charge in [-0.25, -0.2) is 0 Å². The summed E-state index contributed by atoms with van der Waals surface area (Å²) in [5.41, 5.74) is 0. The lowest BCUT2D eigenvalue weighted by molar-refractivity contribution is -0.123. The largest absolute Gasteiger partial charge is 0.394 e. The summed E-state index contributed by atoms with van der Waals surface area (Å²) >= 11 is 0. The molecule has 0 aliphatic heterocycles. The lowest BCUT2D eigenvalue weighted by Gasteiger charge is -2.20. The maximum Gasteiger partial charge on any atom is 0.220 e. The number of carbonyl (C=O) groups is 1. The van der Waals surface area contributed by atoms with Gasteiger partial charge in [0.05, 0.1) is 18.8 Å². The van der Waals surface area contributed by atoms with Gasteiger partial charge in [-0.05, 0) is 19.3 Å². The van der Waals surface area contributed by atoms with Crippen LogP contribution in [0.1, 0.15) is 303 Å². The van der Waals surface area contributed by atoms with Gasteiger partial charge in [0.1, 0.15) is 0 Å². The van der Waals surface area contributed by atoms with Crippen molar-refractivity contribution in [3.8, 4) is 0 Å². The van der Waals surface area contributed by atoms with Crippen LogP contribution in [0.3, 0.4) is 0 Å². The number of carbonyl (C=O) groups excluding carboxylic acids is 1. The highest BCUT2D eigenvalue weighted by atomic mass is 16.3. The number of allylic oxidation sites excluding steroid dienone is 1. The van der Waals surface area contributed by atoms with Crippen molar-refractivity contribution >= 4 is 5.91 Å². The molecule has 0 spiro atoms. The Labute approximate surface area is 358 Å². The van der Waals surface area contributed by atoms with Gasteiger partial charge in [-0.1, -0.05) is 289 Å². The molecule has 0 heterocycles. The average Bonchev–Trinajstić information content (AvgIpc) is 3.22. The SMILES string of the molecule is CCCCCCCCCCCCCCCCCCCCCCCCCCCC/C=C/C(O)C(CO)NC(=O)CCCCCCCCCCCCCCCCCCC. The Kier molecular flexibility index (Phi) is 48.7. The summed E-state index contributed by atoms with van der Waals surface area (Å²) in [6.07, 6.45) is 63.6. The molecule has 0 saturated carbocycles. The Balaban J connectivity index is 3.45. The van der Waals surface area contributed by atoms with E-state index in [4.69, 9.17) is 0 Å². The van der Waals surface area contributed by atoms with Crippen LogP contribution in [-0.2, 0) is 4.79 Å². The van der Waals surface area contributed by atoms with Crippen molar-refractivity contribution < 1.29 is 15.0 Å². The van der Waals surface area contributed by atoms with Gasteiger partial charge in [-0.3, -0.25) is 4.79 Å². The van der Waals surface area contributed by atoms with Crippen LogP contribution in [0.15, 0.2) is 12.2 Å². The van der Waals surface area contributed by atoms with Gasteiger partial charge in [-0.2, -0.15) is 0 Å². The molecule has 2 unspecified atom stereocenters. The Bertz CT molecular complexity index is 784. The van der Waals surface area contributed by atoms with E-state index in [2.05, 4.69) is 19.2 Å². The topological polar surface area (TPSA) is 69.6 Å². The molecular weight excluding hydrogens is 699 g/mol. The number of amides is 1. The van der Waals surface area contributed by atoms with E-state index in [1.54, 1.807) is 6.08 Å². The van der Waals surface area contributed by atoms with E-state index in [9.17, 15) is 15.0 Å². The highest BCUT2D eigenvalue weighted by Crippen LogP contribution is 2.17. The zero-order chi connectivity index (χ0) is 41.4. The van der Waals surface area contributed by atoms with Gasteiger partial charge in [0, 0.05) is 6.42 Å². The molecule has 0 bridgehead atoms. The van der Waals surface area contributed by atoms with Crippen LogP contribution >= 0.6 is 0 Å². The van der Waals surface area contributed by atoms with Crippen LogP contribution in [0.5, 0.6) is 0 Å². The summed E-state index contributed by atoms with van der Waals surface area (Å²) in [7, 11) is 0. The minimum atomic E-state index is -0.835. The van der Waals surface area contributed by atoms with Crippen molar-refractivity contribution in [1.29, 1.82) is 0 Å². The van der Waals surface area contributed by atoms with Crippen molar-refractivity contribution in [3.63, 3.8) is 0 Å². The normalized spacial score (nSPS) is 12.8. The standard InChI is InChI=1S/C53H105NO3/c1-3-5-7-9-11-13-15-17-19-21-22-23-24-25-26-27-28-29-30-31-33-34-36-38-40-42-44-46-48-52(56)51(50-55)54-53(57)49-47-45-43-41-39-37-35-32-20-18-16-14-12-10-8-6-4-2/h46,48,51-52,55-56H,3-45,47,49-50H2,1-2H3,(H,54,57)/b48-46+. The molecule has 3 N–H and O–H groups in total. The number of aliphatic hydroxyl groups is 2. The summed E-state index contributed by atoms with van der Waals surface area (Å²) in [6, 6.07) is -0.617. The summed E-state index contributed by atoms with van der Waals surface area (Å²) in [6.45, 7) is 4.34. The Morgan fingerprint density at radius 2 is 0.649 bits per heavy atom. The lowest BCUT2D eigenvalue weighted by Crippen LogP contribution is -2.45. The van der Waals surface area contributed by atoms with E-state index in [0.717, 1.165) is 25.7 Å². The highest BCUT2D eigenvalue weighted by Gasteiger charge is 2.18. The second-order valence-corrected chi connectivity index (χ2v) is 18.3. The fourth-order valence-corrected chi connectivity index (χ4v) is 8.48. The monoisotopic (exact) mass is 804 g/mol. The molecule has 57 heavy (non-hydrogen) atoms. The van der Waals surface area contributed by atoms with Crippen molar-refractivity contribution in [2.75, 3.05) is 6.61 Å². The molecule has 4 nitrogen and oxygen atoms in total. The molecule has 340 valence electrons. The molecule has 0 radical (unpaired) electrons. The zero-order valence-electron chi connectivity index (χ0n) is 39.1. The van der Waals surface area contributed by atoms with Crippen LogP contribution in [0, 0.1) is 0 Å². The molecule has 0 fully saturated rings. The molecular formula is C53H105NO3. The minimum absolute atomic E-state index is 0.0575. The molecule has 2 atom stereocenters. The number of nitrogens with one attached hydrogen (secondary N) is 1. The molecule has 0 aliphatic rings. The first-order chi connectivity index (χ1) is 28.2. The summed E-state index contributed by atoms with van der Waals surface area (Å²) in [5.74, 6) is -0.0575. The van der Waals surface area contributed by atoms with Gasteiger partial charge in [0.25, 0.3) is 0 Å². The third-order valence-corrected chi connectivity index (χ3v) is 12.5. The van der Waals surface area contributed by atoms with E-state index < -0.39 is 12.1 Å². The van der Waals surface area contributed by atoms with Crippen molar-refractivity contribution in [1.82, 2.24) is 5.32 Å². The third kappa shape index (κ3) is 46.1. The number of unbranched alkanes of at least 4 members (excludes halogenated alkanes) is 42. The molecule has 0 aromatic carbocycles. The second-order valence-electron chi connectivity index (χ2n) is 18.3. The van der Waals surface area contributed by atoms with E-state index in [1.807, 2.05) is 6.08 Å². The average molecular weight is 804 g/mol. The Morgan fingerprint density at radius 3 is 0.912 bits per heavy atom. The maximum absolute atomic E-state index is 12.4. The molecule has 0 saturated heterocycles. The smallest absolute Gasteiger partial charge is 0.220 e. The highest BCUT2D eigenvalue weighted by molar-refractivity contribution is 5.76. The molecule has 4 heteroatoms. The van der Waals surface area contributed by atoms with E-state index in [0.29, 0.717) is 6.42 Å². The predicted octanol–water partition coefficient (Wildman–Crippen LogP) is 17.0. The Morgan fingerprint density at radius 1 is 0.404 bits per heavy atom. The van der Waals surface area contributed by atoms with Crippen LogP contribution in [0.4, 0.5) is 0 Å². The predicted molar refractivity (Wildman–Crippen MR) is 253 cm³/mol. The summed E-state index contributed by atoms with van der Waals surface area (Å²) < 4.78 is 0. The van der Waals surface area contributed by atoms with Crippen molar-refractivity contribution in [3.05, 3.63) is 12.2 Å². The third-order valence-electron chi connectivity index (χ3n) is 12.5. The van der Waals surface area contributed by atoms with Crippen LogP contribution in [0.25, 0.3) is 0 Å². The van der Waals surface area contributed by atoms with Gasteiger partial charge in [-0.15, -0.1) is 0 Å². The summed E-state index contributed by atoms with van der Waals surface area (Å²) in [5, 5.41) is 23.1. The molecule has 0 aliphatic carbocycles. The van der Waals surface area contributed by atoms with E-state index in [1.165, 1.54) is 257 Å². The molecule has 1 amide bonds. The number of rotatable bonds is 49. The first-order valence-electron chi connectivity index (χ1n) is 26.4. The molecule has 0 aromatic rings. The maximum atomic E-state index is 12.4. The van der Waals surface area contributed by atoms with Crippen LogP contribution < -0.4 is 5.32 Å². The number of aliphatic hydroxyl groups excluding tert-OH is 2. The fourth-order valence-electron chi connectivity index (χ4n) is 8.48. The van der Waals surface area contributed by atoms with Gasteiger partial charge >= 0.3 is 0 Å². The quantitative estimate of drug-likeness (QED) is 0.0424. The van der Waals surface area contributed by atoms with Gasteiger partial charge in [0.2, 0.25) is 5.91 Å². The van der Waals surface area contributed by atoms with Gasteiger partial charge < -0.3 is 15.5 Å². The van der Waals surface area contributed by atoms with Crippen molar-refractivity contribution in [2.24, 2.45) is 0 Å². The molecule has 0 aromatic heterocycles. The summed E-state index contributed by atoms with van der Waals surface area (Å²) in [4.78, 5) is 12.4. The minimum Gasteiger partial charge on any atom is -0.394 e. The first kappa shape index (κ1) is 56.1. The van der Waals surface area contributed by atoms with Crippen LogP contribution in [-0.4, -0.2) is 34.9 Å². The zero-order valence-corrected chi connectivity index (χ0v) is 39.1. The van der Waals surface area contributed by atoms with Crippen LogP contribution in [0.2, 0.25) is 0 Å². The number of hydrogen-bond acceptors (Lipinski definition) is 3. The van der Waals surface area contributed by atoms with Gasteiger partial charge in [0.15, 0.2) is 0 Å². The number of hydrogen-bond donors (Lipinski definition) is 3. The lowest BCUT2D eigenvalue weighted by atomic mass is 10.0. The van der Waals surface area contributed by atoms with E-state index in [-0.39, 0.29) is 12.5 Å².